The van der Waals surface area contributed by atoms with Gasteiger partial charge in [0, 0.05) is 17.2 Å². The number of hydrogen-bond donors (Lipinski definition) is 0. The normalized spacial score (nSPS) is 16.8. The van der Waals surface area contributed by atoms with Gasteiger partial charge in [0.1, 0.15) is 5.82 Å². The molecular formula is C19H22FN3S. The predicted octanol–water partition coefficient (Wildman–Crippen LogP) is 4.86. The fourth-order valence-corrected chi connectivity index (χ4v) is 3.77. The molecule has 1 aromatic heterocycles. The first-order valence-electron chi connectivity index (χ1n) is 8.40. The number of nitrogens with zero attached hydrogens (tertiary/aromatic N) is 3. The molecule has 1 heterocycles. The zero-order chi connectivity index (χ0) is 16.8. The van der Waals surface area contributed by atoms with E-state index in [-0.39, 0.29) is 5.82 Å². The lowest BCUT2D eigenvalue weighted by molar-refractivity contribution is 0.443. The summed E-state index contributed by atoms with van der Waals surface area (Å²) in [6.07, 6.45) is 10.1. The van der Waals surface area contributed by atoms with E-state index in [0.717, 1.165) is 16.1 Å². The van der Waals surface area contributed by atoms with Gasteiger partial charge in [-0.25, -0.2) is 9.07 Å². The van der Waals surface area contributed by atoms with Crippen LogP contribution in [0.25, 0.3) is 11.3 Å². The van der Waals surface area contributed by atoms with Gasteiger partial charge in [-0.05, 0) is 43.0 Å². The first-order chi connectivity index (χ1) is 11.8. The van der Waals surface area contributed by atoms with Crippen LogP contribution in [0.3, 0.4) is 0 Å². The lowest BCUT2D eigenvalue weighted by Crippen LogP contribution is -2.15. The van der Waals surface area contributed by atoms with Gasteiger partial charge in [0.25, 0.3) is 0 Å². The summed E-state index contributed by atoms with van der Waals surface area (Å²) < 4.78 is 15.1. The summed E-state index contributed by atoms with van der Waals surface area (Å²) in [5, 5.41) is 6.74. The molecule has 3 rings (SSSR count). The summed E-state index contributed by atoms with van der Waals surface area (Å²) in [6.45, 7) is 4.28. The Morgan fingerprint density at radius 3 is 2.67 bits per heavy atom. The van der Waals surface area contributed by atoms with Crippen LogP contribution in [-0.2, 0) is 0 Å². The van der Waals surface area contributed by atoms with Crippen molar-refractivity contribution in [1.82, 2.24) is 4.68 Å². The highest BCUT2D eigenvalue weighted by Gasteiger charge is 2.12. The molecule has 24 heavy (non-hydrogen) atoms. The van der Waals surface area contributed by atoms with Crippen molar-refractivity contribution in [1.29, 1.82) is 0 Å². The van der Waals surface area contributed by atoms with Crippen molar-refractivity contribution in [3.8, 4) is 11.3 Å². The second kappa shape index (κ2) is 8.20. The zero-order valence-electron chi connectivity index (χ0n) is 13.7. The first-order valence-corrected chi connectivity index (χ1v) is 9.28. The maximum atomic E-state index is 13.2. The summed E-state index contributed by atoms with van der Waals surface area (Å²) >= 11 is 1.54. The van der Waals surface area contributed by atoms with E-state index >= 15 is 0 Å². The molecule has 0 N–H and O–H groups in total. The zero-order valence-corrected chi connectivity index (χ0v) is 14.5. The number of aromatic nitrogens is 1. The molecule has 0 aliphatic heterocycles. The predicted molar refractivity (Wildman–Crippen MR) is 98.8 cm³/mol. The molecule has 0 saturated heterocycles. The molecule has 1 fully saturated rings. The summed E-state index contributed by atoms with van der Waals surface area (Å²) in [6, 6.07) is 6.51. The Hall–Kier alpha value is -2.01. The number of rotatable bonds is 5. The van der Waals surface area contributed by atoms with Gasteiger partial charge in [-0.1, -0.05) is 25.3 Å². The lowest BCUT2D eigenvalue weighted by Gasteiger charge is -2.17. The van der Waals surface area contributed by atoms with Crippen LogP contribution >= 0.6 is 11.3 Å². The Morgan fingerprint density at radius 1 is 1.21 bits per heavy atom. The van der Waals surface area contributed by atoms with Crippen molar-refractivity contribution < 1.29 is 4.39 Å². The molecule has 5 heteroatoms. The van der Waals surface area contributed by atoms with E-state index in [1.54, 1.807) is 29.5 Å². The first kappa shape index (κ1) is 16.8. The molecule has 1 aliphatic carbocycles. The van der Waals surface area contributed by atoms with Crippen LogP contribution in [0, 0.1) is 11.7 Å². The molecule has 126 valence electrons. The second-order valence-electron chi connectivity index (χ2n) is 6.01. The minimum Gasteiger partial charge on any atom is -0.253 e. The molecule has 0 atom stereocenters. The standard InChI is InChI=1S/C19H22FN3S/c1-2-12-21-19-23(22-13-15-6-4-3-5-7-15)18(14-24-19)16-8-10-17(20)11-9-16/h2,8-11,13-15H,1,3-7,12H2. The van der Waals surface area contributed by atoms with Crippen LogP contribution < -0.4 is 4.80 Å². The molecule has 0 bridgehead atoms. The number of thiazole rings is 1. The average molecular weight is 343 g/mol. The molecule has 0 unspecified atom stereocenters. The molecule has 1 aliphatic rings. The van der Waals surface area contributed by atoms with Gasteiger partial charge in [0.15, 0.2) is 0 Å². The highest BCUT2D eigenvalue weighted by atomic mass is 32.1. The van der Waals surface area contributed by atoms with E-state index in [4.69, 9.17) is 5.10 Å². The van der Waals surface area contributed by atoms with Crippen molar-refractivity contribution in [2.45, 2.75) is 32.1 Å². The van der Waals surface area contributed by atoms with Crippen molar-refractivity contribution in [2.24, 2.45) is 16.0 Å². The maximum absolute atomic E-state index is 13.2. The van der Waals surface area contributed by atoms with E-state index in [2.05, 4.69) is 17.8 Å². The van der Waals surface area contributed by atoms with Crippen molar-refractivity contribution >= 4 is 17.6 Å². The van der Waals surface area contributed by atoms with Gasteiger partial charge in [-0.3, -0.25) is 4.99 Å². The topological polar surface area (TPSA) is 29.6 Å². The largest absolute Gasteiger partial charge is 0.253 e. The molecule has 0 spiro atoms. The second-order valence-corrected chi connectivity index (χ2v) is 6.85. The van der Waals surface area contributed by atoms with Crippen LogP contribution in [0.4, 0.5) is 4.39 Å². The fourth-order valence-electron chi connectivity index (χ4n) is 2.93. The number of halogens is 1. The molecular weight excluding hydrogens is 321 g/mol. The lowest BCUT2D eigenvalue weighted by atomic mass is 9.90. The molecule has 1 aromatic carbocycles. The Morgan fingerprint density at radius 2 is 1.96 bits per heavy atom. The minimum atomic E-state index is -0.234. The van der Waals surface area contributed by atoms with Gasteiger partial charge < -0.3 is 0 Å². The van der Waals surface area contributed by atoms with E-state index in [1.165, 1.54) is 44.2 Å². The van der Waals surface area contributed by atoms with Crippen LogP contribution in [0.15, 0.2) is 52.4 Å². The summed E-state index contributed by atoms with van der Waals surface area (Å²) in [5.41, 5.74) is 1.88. The third-order valence-electron chi connectivity index (χ3n) is 4.22. The third-order valence-corrected chi connectivity index (χ3v) is 5.08. The van der Waals surface area contributed by atoms with Crippen LogP contribution in [0.1, 0.15) is 32.1 Å². The monoisotopic (exact) mass is 343 g/mol. The van der Waals surface area contributed by atoms with E-state index in [1.807, 2.05) is 10.1 Å². The highest BCUT2D eigenvalue weighted by molar-refractivity contribution is 7.07. The average Bonchev–Trinajstić information content (AvgIpc) is 3.02. The molecule has 3 nitrogen and oxygen atoms in total. The SMILES string of the molecule is C=CCN=c1scc(-c2ccc(F)cc2)n1N=CC1CCCCC1. The third kappa shape index (κ3) is 4.09. The molecule has 0 radical (unpaired) electrons. The van der Waals surface area contributed by atoms with E-state index in [9.17, 15) is 4.39 Å². The molecule has 1 saturated carbocycles. The smallest absolute Gasteiger partial charge is 0.206 e. The molecule has 2 aromatic rings. The quantitative estimate of drug-likeness (QED) is 0.548. The Labute approximate surface area is 145 Å². The summed E-state index contributed by atoms with van der Waals surface area (Å²) in [5.74, 6) is 0.308. The van der Waals surface area contributed by atoms with Crippen molar-refractivity contribution in [3.05, 3.63) is 52.9 Å². The number of benzene rings is 1. The van der Waals surface area contributed by atoms with Crippen LogP contribution in [0.5, 0.6) is 0 Å². The highest BCUT2D eigenvalue weighted by Crippen LogP contribution is 2.23. The van der Waals surface area contributed by atoms with Crippen LogP contribution in [0.2, 0.25) is 0 Å². The maximum Gasteiger partial charge on any atom is 0.206 e. The summed E-state index contributed by atoms with van der Waals surface area (Å²) in [7, 11) is 0. The summed E-state index contributed by atoms with van der Waals surface area (Å²) in [4.78, 5) is 5.36. The van der Waals surface area contributed by atoms with Gasteiger partial charge in [0.2, 0.25) is 4.80 Å². The van der Waals surface area contributed by atoms with Gasteiger partial charge in [-0.2, -0.15) is 5.10 Å². The minimum absolute atomic E-state index is 0.234. The van der Waals surface area contributed by atoms with Crippen LogP contribution in [-0.4, -0.2) is 17.4 Å². The fraction of sp³-hybridized carbons (Fsp3) is 0.368. The Bertz CT molecular complexity index is 765. The van der Waals surface area contributed by atoms with E-state index in [0.29, 0.717) is 12.5 Å². The van der Waals surface area contributed by atoms with Crippen molar-refractivity contribution in [3.63, 3.8) is 0 Å². The Kier molecular flexibility index (Phi) is 5.75. The number of hydrogen-bond acceptors (Lipinski definition) is 3. The van der Waals surface area contributed by atoms with Gasteiger partial charge >= 0.3 is 0 Å². The molecule has 0 amide bonds. The van der Waals surface area contributed by atoms with E-state index < -0.39 is 0 Å². The van der Waals surface area contributed by atoms with Crippen molar-refractivity contribution in [2.75, 3.05) is 6.54 Å². The van der Waals surface area contributed by atoms with Gasteiger partial charge in [0.05, 0.1) is 12.2 Å². The Balaban J connectivity index is 1.96. The van der Waals surface area contributed by atoms with Gasteiger partial charge in [-0.15, -0.1) is 17.9 Å².